The summed E-state index contributed by atoms with van der Waals surface area (Å²) in [5.74, 6) is -0.304. The number of pyridine rings is 1. The molecule has 3 aromatic rings. The van der Waals surface area contributed by atoms with Crippen LogP contribution < -0.4 is 0 Å². The second kappa shape index (κ2) is 3.25. The summed E-state index contributed by atoms with van der Waals surface area (Å²) in [5, 5.41) is 0.894. The quantitative estimate of drug-likeness (QED) is 0.633. The van der Waals surface area contributed by atoms with Gasteiger partial charge < -0.3 is 4.57 Å². The molecule has 3 nitrogen and oxygen atoms in total. The average Bonchev–Trinajstić information content (AvgIpc) is 2.63. The number of imidazole rings is 1. The minimum atomic E-state index is -0.304. The van der Waals surface area contributed by atoms with Gasteiger partial charge in [-0.1, -0.05) is 0 Å². The van der Waals surface area contributed by atoms with Crippen LogP contribution in [-0.4, -0.2) is 14.5 Å². The number of hydrogen-bond donors (Lipinski definition) is 0. The Labute approximate surface area is 99.1 Å². The van der Waals surface area contributed by atoms with E-state index in [0.29, 0.717) is 9.99 Å². The molecule has 5 heteroatoms. The Morgan fingerprint density at radius 3 is 2.88 bits per heavy atom. The Morgan fingerprint density at radius 2 is 2.06 bits per heavy atom. The zero-order valence-electron chi connectivity index (χ0n) is 8.41. The molecule has 2 heterocycles. The Hall–Kier alpha value is -1.49. The van der Waals surface area contributed by atoms with Gasteiger partial charge in [0.1, 0.15) is 11.3 Å². The second-order valence-corrected chi connectivity index (χ2v) is 4.49. The summed E-state index contributed by atoms with van der Waals surface area (Å²) in [6.07, 6.45) is 3.38. The lowest BCUT2D eigenvalue weighted by molar-refractivity contribution is 0.623. The van der Waals surface area contributed by atoms with E-state index in [9.17, 15) is 4.39 Å². The number of aromatic nitrogens is 3. The van der Waals surface area contributed by atoms with Crippen LogP contribution in [0.15, 0.2) is 29.1 Å². The first-order valence-electron chi connectivity index (χ1n) is 4.71. The lowest BCUT2D eigenvalue weighted by atomic mass is 10.2. The first kappa shape index (κ1) is 9.72. The molecule has 0 aliphatic rings. The molecule has 1 aromatic carbocycles. The van der Waals surface area contributed by atoms with E-state index in [1.54, 1.807) is 18.6 Å². The standard InChI is InChI=1S/C11H7BrFN3/c1-16-5-15-10-4-14-9-3-8(13)7(12)2-6(9)11(10)16/h2-5H,1H3. The third-order valence-corrected chi connectivity index (χ3v) is 3.19. The maximum Gasteiger partial charge on any atom is 0.139 e. The van der Waals surface area contributed by atoms with Crippen molar-refractivity contribution < 1.29 is 4.39 Å². The van der Waals surface area contributed by atoms with E-state index in [0.717, 1.165) is 16.4 Å². The third kappa shape index (κ3) is 1.24. The largest absolute Gasteiger partial charge is 0.333 e. The molecule has 0 saturated heterocycles. The SMILES string of the molecule is Cn1cnc2cnc3cc(F)c(Br)cc3c21. The highest BCUT2D eigenvalue weighted by Gasteiger charge is 2.09. The predicted molar refractivity (Wildman–Crippen MR) is 63.7 cm³/mol. The van der Waals surface area contributed by atoms with Crippen LogP contribution in [0.4, 0.5) is 4.39 Å². The topological polar surface area (TPSA) is 30.7 Å². The highest BCUT2D eigenvalue weighted by Crippen LogP contribution is 2.27. The number of rotatable bonds is 0. The van der Waals surface area contributed by atoms with Crippen LogP contribution in [0.3, 0.4) is 0 Å². The van der Waals surface area contributed by atoms with E-state index in [2.05, 4.69) is 25.9 Å². The molecule has 0 amide bonds. The molecule has 80 valence electrons. The molecule has 0 bridgehead atoms. The normalized spacial score (nSPS) is 11.4. The molecule has 3 rings (SSSR count). The fourth-order valence-corrected chi connectivity index (χ4v) is 2.18. The summed E-state index contributed by atoms with van der Waals surface area (Å²) in [5.41, 5.74) is 2.41. The molecule has 0 aliphatic carbocycles. The number of benzene rings is 1. The highest BCUT2D eigenvalue weighted by atomic mass is 79.9. The van der Waals surface area contributed by atoms with Gasteiger partial charge in [0.25, 0.3) is 0 Å². The number of fused-ring (bicyclic) bond motifs is 3. The van der Waals surface area contributed by atoms with Gasteiger partial charge in [0, 0.05) is 18.5 Å². The second-order valence-electron chi connectivity index (χ2n) is 3.63. The Morgan fingerprint density at radius 1 is 1.25 bits per heavy atom. The smallest absolute Gasteiger partial charge is 0.139 e. The fourth-order valence-electron chi connectivity index (χ4n) is 1.83. The van der Waals surface area contributed by atoms with Crippen molar-refractivity contribution in [2.75, 3.05) is 0 Å². The van der Waals surface area contributed by atoms with Crippen LogP contribution >= 0.6 is 15.9 Å². The summed E-state index contributed by atoms with van der Waals surface area (Å²) in [6.45, 7) is 0. The van der Waals surface area contributed by atoms with E-state index in [1.165, 1.54) is 6.07 Å². The van der Waals surface area contributed by atoms with Crippen molar-refractivity contribution in [1.29, 1.82) is 0 Å². The number of nitrogens with zero attached hydrogens (tertiary/aromatic N) is 3. The molecule has 0 radical (unpaired) electrons. The van der Waals surface area contributed by atoms with Gasteiger partial charge in [-0.05, 0) is 22.0 Å². The fraction of sp³-hybridized carbons (Fsp3) is 0.0909. The summed E-state index contributed by atoms with van der Waals surface area (Å²) in [4.78, 5) is 8.40. The Kier molecular flexibility index (Phi) is 1.97. The van der Waals surface area contributed by atoms with Gasteiger partial charge in [0.2, 0.25) is 0 Å². The number of hydrogen-bond acceptors (Lipinski definition) is 2. The van der Waals surface area contributed by atoms with Crippen LogP contribution in [0.2, 0.25) is 0 Å². The molecule has 0 saturated carbocycles. The maximum atomic E-state index is 13.4. The van der Waals surface area contributed by atoms with E-state index in [-0.39, 0.29) is 5.82 Å². The molecule has 16 heavy (non-hydrogen) atoms. The first-order chi connectivity index (χ1) is 7.66. The van der Waals surface area contributed by atoms with E-state index in [1.807, 2.05) is 11.6 Å². The van der Waals surface area contributed by atoms with Crippen molar-refractivity contribution in [3.63, 3.8) is 0 Å². The lowest BCUT2D eigenvalue weighted by Gasteiger charge is -2.02. The van der Waals surface area contributed by atoms with Crippen molar-refractivity contribution in [2.24, 2.45) is 7.05 Å². The number of aryl methyl sites for hydroxylation is 1. The molecular weight excluding hydrogens is 273 g/mol. The van der Waals surface area contributed by atoms with Gasteiger partial charge in [0.05, 0.1) is 28.0 Å². The van der Waals surface area contributed by atoms with Crippen LogP contribution in [0.1, 0.15) is 0 Å². The predicted octanol–water partition coefficient (Wildman–Crippen LogP) is 3.02. The minimum absolute atomic E-state index is 0.304. The first-order valence-corrected chi connectivity index (χ1v) is 5.51. The molecule has 0 unspecified atom stereocenters. The Balaban J connectivity index is 2.58. The van der Waals surface area contributed by atoms with Crippen molar-refractivity contribution in [1.82, 2.24) is 14.5 Å². The highest BCUT2D eigenvalue weighted by molar-refractivity contribution is 9.10. The van der Waals surface area contributed by atoms with Crippen LogP contribution in [0.25, 0.3) is 21.9 Å². The molecule has 0 aliphatic heterocycles. The zero-order chi connectivity index (χ0) is 11.3. The average molecular weight is 280 g/mol. The van der Waals surface area contributed by atoms with E-state index < -0.39 is 0 Å². The molecule has 2 aromatic heterocycles. The van der Waals surface area contributed by atoms with E-state index >= 15 is 0 Å². The maximum absolute atomic E-state index is 13.4. The van der Waals surface area contributed by atoms with Crippen LogP contribution in [0.5, 0.6) is 0 Å². The zero-order valence-corrected chi connectivity index (χ0v) is 9.99. The molecule has 0 fully saturated rings. The van der Waals surface area contributed by atoms with Crippen molar-refractivity contribution >= 4 is 37.9 Å². The van der Waals surface area contributed by atoms with Gasteiger partial charge in [-0.3, -0.25) is 4.98 Å². The van der Waals surface area contributed by atoms with Gasteiger partial charge in [-0.25, -0.2) is 9.37 Å². The van der Waals surface area contributed by atoms with Gasteiger partial charge in [0.15, 0.2) is 0 Å². The Bertz CT molecular complexity index is 705. The van der Waals surface area contributed by atoms with Crippen molar-refractivity contribution in [3.8, 4) is 0 Å². The molecule has 0 N–H and O–H groups in total. The van der Waals surface area contributed by atoms with Gasteiger partial charge in [-0.2, -0.15) is 0 Å². The van der Waals surface area contributed by atoms with Crippen LogP contribution in [-0.2, 0) is 7.05 Å². The molecular formula is C11H7BrFN3. The van der Waals surface area contributed by atoms with Gasteiger partial charge >= 0.3 is 0 Å². The summed E-state index contributed by atoms with van der Waals surface area (Å²) >= 11 is 3.18. The molecule has 0 atom stereocenters. The number of halogens is 2. The van der Waals surface area contributed by atoms with E-state index in [4.69, 9.17) is 0 Å². The molecule has 0 spiro atoms. The van der Waals surface area contributed by atoms with Crippen LogP contribution in [0, 0.1) is 5.82 Å². The minimum Gasteiger partial charge on any atom is -0.333 e. The monoisotopic (exact) mass is 279 g/mol. The summed E-state index contributed by atoms with van der Waals surface area (Å²) in [6, 6.07) is 3.16. The lowest BCUT2D eigenvalue weighted by Crippen LogP contribution is -1.89. The van der Waals surface area contributed by atoms with Crippen molar-refractivity contribution in [3.05, 3.63) is 34.9 Å². The summed E-state index contributed by atoms with van der Waals surface area (Å²) in [7, 11) is 1.91. The van der Waals surface area contributed by atoms with Gasteiger partial charge in [-0.15, -0.1) is 0 Å². The van der Waals surface area contributed by atoms with Crippen molar-refractivity contribution in [2.45, 2.75) is 0 Å². The summed E-state index contributed by atoms with van der Waals surface area (Å²) < 4.78 is 15.7. The third-order valence-electron chi connectivity index (χ3n) is 2.59.